The van der Waals surface area contributed by atoms with Gasteiger partial charge in [-0.3, -0.25) is 19.4 Å². The quantitative estimate of drug-likeness (QED) is 0.534. The number of amides is 1. The molecule has 1 N–H and O–H groups in total. The third-order valence-electron chi connectivity index (χ3n) is 5.64. The molecule has 1 atom stereocenters. The molecule has 0 radical (unpaired) electrons. The number of nitrogens with zero attached hydrogens (tertiary/aromatic N) is 6. The molecule has 0 saturated carbocycles. The summed E-state index contributed by atoms with van der Waals surface area (Å²) in [4.78, 5) is 28.5. The van der Waals surface area contributed by atoms with E-state index in [1.807, 2.05) is 7.05 Å². The molecule has 1 fully saturated rings. The lowest BCUT2D eigenvalue weighted by Crippen LogP contribution is -2.40. The second-order valence-corrected chi connectivity index (χ2v) is 7.77. The number of ether oxygens (including phenoxy) is 1. The molecule has 2 aromatic heterocycles. The van der Waals surface area contributed by atoms with Crippen LogP contribution >= 0.6 is 0 Å². The highest BCUT2D eigenvalue weighted by atomic mass is 16.5. The van der Waals surface area contributed by atoms with E-state index in [-0.39, 0.29) is 23.3 Å². The Labute approximate surface area is 169 Å². The fourth-order valence-electron chi connectivity index (χ4n) is 4.11. The normalized spacial score (nSPS) is 19.5. The van der Waals surface area contributed by atoms with Gasteiger partial charge in [0.1, 0.15) is 17.1 Å². The zero-order chi connectivity index (χ0) is 20.4. The molecule has 29 heavy (non-hydrogen) atoms. The van der Waals surface area contributed by atoms with Gasteiger partial charge >= 0.3 is 0 Å². The van der Waals surface area contributed by atoms with Crippen molar-refractivity contribution in [3.63, 3.8) is 0 Å². The standard InChI is InChI=1S/C19H27N7O3/c1-13(27)15-9-16(21-20-15)19(28)26-10-14(18-17(11-26)22-23-24(18)2)12-29-8-7-25-5-3-4-6-25/h9,14H,3-8,10-12H2,1-2H3,(H,20,21). The zero-order valence-electron chi connectivity index (χ0n) is 16.9. The molecule has 1 unspecified atom stereocenters. The van der Waals surface area contributed by atoms with Crippen molar-refractivity contribution in [1.29, 1.82) is 0 Å². The largest absolute Gasteiger partial charge is 0.379 e. The van der Waals surface area contributed by atoms with Crippen LogP contribution in [0.15, 0.2) is 6.07 Å². The molecule has 10 heteroatoms. The van der Waals surface area contributed by atoms with E-state index in [1.165, 1.54) is 25.8 Å². The molecule has 4 heterocycles. The summed E-state index contributed by atoms with van der Waals surface area (Å²) in [6.45, 7) is 6.72. The van der Waals surface area contributed by atoms with Gasteiger partial charge in [-0.05, 0) is 32.0 Å². The number of hydrogen-bond acceptors (Lipinski definition) is 7. The Morgan fingerprint density at radius 3 is 2.83 bits per heavy atom. The van der Waals surface area contributed by atoms with E-state index in [2.05, 4.69) is 25.4 Å². The Balaban J connectivity index is 1.42. The minimum atomic E-state index is -0.205. The van der Waals surface area contributed by atoms with Crippen LogP contribution in [0.3, 0.4) is 0 Å². The van der Waals surface area contributed by atoms with Gasteiger partial charge < -0.3 is 14.5 Å². The number of aryl methyl sites for hydroxylation is 1. The van der Waals surface area contributed by atoms with E-state index in [9.17, 15) is 9.59 Å². The summed E-state index contributed by atoms with van der Waals surface area (Å²) in [6, 6.07) is 1.50. The van der Waals surface area contributed by atoms with E-state index in [4.69, 9.17) is 4.74 Å². The summed E-state index contributed by atoms with van der Waals surface area (Å²) in [6.07, 6.45) is 2.53. The number of likely N-dealkylation sites (tertiary alicyclic amines) is 1. The van der Waals surface area contributed by atoms with Crippen molar-refractivity contribution in [2.24, 2.45) is 7.05 Å². The van der Waals surface area contributed by atoms with Crippen LogP contribution in [0.1, 0.15) is 58.0 Å². The average molecular weight is 401 g/mol. The molecule has 2 aromatic rings. The van der Waals surface area contributed by atoms with Gasteiger partial charge in [0, 0.05) is 33.0 Å². The summed E-state index contributed by atoms with van der Waals surface area (Å²) >= 11 is 0. The summed E-state index contributed by atoms with van der Waals surface area (Å²) in [5, 5.41) is 15.0. The number of Topliss-reactive ketones (excluding diaryl/α,β-unsaturated/α-hetero) is 1. The van der Waals surface area contributed by atoms with Crippen molar-refractivity contribution in [3.05, 3.63) is 28.8 Å². The molecule has 1 amide bonds. The van der Waals surface area contributed by atoms with Crippen LogP contribution in [0.25, 0.3) is 0 Å². The van der Waals surface area contributed by atoms with Gasteiger partial charge in [0.2, 0.25) is 0 Å². The Kier molecular flexibility index (Phi) is 5.72. The van der Waals surface area contributed by atoms with E-state index >= 15 is 0 Å². The topological polar surface area (TPSA) is 109 Å². The number of rotatable bonds is 7. The molecule has 10 nitrogen and oxygen atoms in total. The van der Waals surface area contributed by atoms with Gasteiger partial charge in [-0.25, -0.2) is 0 Å². The Bertz CT molecular complexity index is 884. The number of carbonyl (C=O) groups is 2. The molecule has 0 aromatic carbocycles. The maximum atomic E-state index is 12.9. The monoisotopic (exact) mass is 401 g/mol. The molecule has 156 valence electrons. The number of fused-ring (bicyclic) bond motifs is 1. The van der Waals surface area contributed by atoms with Gasteiger partial charge in [-0.15, -0.1) is 5.10 Å². The van der Waals surface area contributed by atoms with Crippen molar-refractivity contribution in [1.82, 2.24) is 35.0 Å². The van der Waals surface area contributed by atoms with Crippen LogP contribution in [0.4, 0.5) is 0 Å². The van der Waals surface area contributed by atoms with Crippen LogP contribution < -0.4 is 0 Å². The van der Waals surface area contributed by atoms with Gasteiger partial charge in [0.15, 0.2) is 5.78 Å². The maximum Gasteiger partial charge on any atom is 0.272 e. The molecular formula is C19H27N7O3. The summed E-state index contributed by atoms with van der Waals surface area (Å²) in [7, 11) is 1.87. The molecule has 0 aliphatic carbocycles. The second-order valence-electron chi connectivity index (χ2n) is 7.77. The molecule has 0 bridgehead atoms. The van der Waals surface area contributed by atoms with Crippen molar-refractivity contribution < 1.29 is 14.3 Å². The number of ketones is 1. The number of H-pyrrole nitrogens is 1. The Hall–Kier alpha value is -2.59. The molecule has 1 saturated heterocycles. The van der Waals surface area contributed by atoms with Crippen LogP contribution in [-0.2, 0) is 18.3 Å². The minimum absolute atomic E-state index is 0.00326. The predicted molar refractivity (Wildman–Crippen MR) is 104 cm³/mol. The molecule has 2 aliphatic rings. The Morgan fingerprint density at radius 2 is 2.10 bits per heavy atom. The first-order valence-corrected chi connectivity index (χ1v) is 10.1. The molecule has 4 rings (SSSR count). The van der Waals surface area contributed by atoms with Crippen LogP contribution in [0.5, 0.6) is 0 Å². The van der Waals surface area contributed by atoms with Gasteiger partial charge in [-0.1, -0.05) is 5.21 Å². The predicted octanol–water partition coefficient (Wildman–Crippen LogP) is 0.593. The fourth-order valence-corrected chi connectivity index (χ4v) is 4.11. The fraction of sp³-hybridized carbons (Fsp3) is 0.632. The van der Waals surface area contributed by atoms with E-state index in [1.54, 1.807) is 9.58 Å². The van der Waals surface area contributed by atoms with E-state index < -0.39 is 0 Å². The lowest BCUT2D eigenvalue weighted by atomic mass is 9.98. The number of nitrogens with one attached hydrogen (secondary N) is 1. The van der Waals surface area contributed by atoms with Gasteiger partial charge in [0.25, 0.3) is 5.91 Å². The van der Waals surface area contributed by atoms with E-state index in [0.29, 0.717) is 32.0 Å². The number of carbonyl (C=O) groups excluding carboxylic acids is 2. The van der Waals surface area contributed by atoms with Crippen LogP contribution in [0.2, 0.25) is 0 Å². The molecule has 2 aliphatic heterocycles. The highest BCUT2D eigenvalue weighted by Gasteiger charge is 2.33. The first kappa shape index (κ1) is 19.7. The minimum Gasteiger partial charge on any atom is -0.379 e. The summed E-state index contributed by atoms with van der Waals surface area (Å²) in [5.41, 5.74) is 2.36. The van der Waals surface area contributed by atoms with Gasteiger partial charge in [-0.2, -0.15) is 5.10 Å². The average Bonchev–Trinajstić information content (AvgIpc) is 3.46. The highest BCUT2D eigenvalue weighted by Crippen LogP contribution is 2.27. The highest BCUT2D eigenvalue weighted by molar-refractivity contribution is 5.97. The van der Waals surface area contributed by atoms with Crippen LogP contribution in [0, 0.1) is 0 Å². The van der Waals surface area contributed by atoms with Crippen molar-refractivity contribution >= 4 is 11.7 Å². The summed E-state index contributed by atoms with van der Waals surface area (Å²) < 4.78 is 7.75. The maximum absolute atomic E-state index is 12.9. The smallest absolute Gasteiger partial charge is 0.272 e. The number of aromatic amines is 1. The molecule has 0 spiro atoms. The number of hydrogen-bond donors (Lipinski definition) is 1. The van der Waals surface area contributed by atoms with Crippen molar-refractivity contribution in [2.45, 2.75) is 32.2 Å². The lowest BCUT2D eigenvalue weighted by Gasteiger charge is -2.32. The van der Waals surface area contributed by atoms with Crippen molar-refractivity contribution in [3.8, 4) is 0 Å². The zero-order valence-corrected chi connectivity index (χ0v) is 16.9. The first-order chi connectivity index (χ1) is 14.0. The van der Waals surface area contributed by atoms with E-state index in [0.717, 1.165) is 31.0 Å². The van der Waals surface area contributed by atoms with Crippen molar-refractivity contribution in [2.75, 3.05) is 39.4 Å². The van der Waals surface area contributed by atoms with Crippen LogP contribution in [-0.4, -0.2) is 86.1 Å². The lowest BCUT2D eigenvalue weighted by molar-refractivity contribution is 0.0599. The third kappa shape index (κ3) is 4.23. The number of aromatic nitrogens is 5. The first-order valence-electron chi connectivity index (χ1n) is 10.1. The Morgan fingerprint density at radius 1 is 1.31 bits per heavy atom. The third-order valence-corrected chi connectivity index (χ3v) is 5.64. The van der Waals surface area contributed by atoms with Gasteiger partial charge in [0.05, 0.1) is 25.5 Å². The SMILES string of the molecule is CC(=O)c1cc(C(=O)N2Cc3nnn(C)c3C(COCCN3CCCC3)C2)[nH]n1. The summed E-state index contributed by atoms with van der Waals surface area (Å²) in [5.74, 6) is -0.390. The molecular weight excluding hydrogens is 374 g/mol. The second kappa shape index (κ2) is 8.42.